The number of rotatable bonds is 6. The van der Waals surface area contributed by atoms with Crippen molar-refractivity contribution in [3.63, 3.8) is 0 Å². The summed E-state index contributed by atoms with van der Waals surface area (Å²) in [7, 11) is 0. The number of benzene rings is 2. The topological polar surface area (TPSA) is 55.8 Å². The molecule has 0 aliphatic carbocycles. The smallest absolute Gasteiger partial charge is 0.344 e. The van der Waals surface area contributed by atoms with Gasteiger partial charge in [-0.05, 0) is 55.3 Å². The van der Waals surface area contributed by atoms with Crippen LogP contribution in [-0.4, -0.2) is 29.4 Å². The standard InChI is InChI=1S/C21H19NO4S2/c1-3-25-19(23)13-26-17-9-7-15(8-10-17)12-18-20(24)22(21(27)28-18)16-6-4-5-14(2)11-16/h4-12H,3,13H2,1-2H3/b18-12+. The van der Waals surface area contributed by atoms with Gasteiger partial charge in [-0.15, -0.1) is 0 Å². The van der Waals surface area contributed by atoms with Crippen molar-refractivity contribution >= 4 is 51.9 Å². The van der Waals surface area contributed by atoms with Gasteiger partial charge >= 0.3 is 5.97 Å². The molecule has 0 saturated carbocycles. The van der Waals surface area contributed by atoms with Crippen molar-refractivity contribution in [1.29, 1.82) is 0 Å². The number of esters is 1. The van der Waals surface area contributed by atoms with Gasteiger partial charge in [0, 0.05) is 0 Å². The minimum absolute atomic E-state index is 0.136. The third kappa shape index (κ3) is 4.79. The third-order valence-corrected chi connectivity index (χ3v) is 5.20. The molecule has 2 aromatic rings. The summed E-state index contributed by atoms with van der Waals surface area (Å²) in [5.74, 6) is 0.00662. The summed E-state index contributed by atoms with van der Waals surface area (Å²) in [6.07, 6.45) is 1.80. The van der Waals surface area contributed by atoms with Crippen molar-refractivity contribution in [3.05, 3.63) is 64.6 Å². The molecule has 0 spiro atoms. The van der Waals surface area contributed by atoms with Crippen LogP contribution in [0.5, 0.6) is 5.75 Å². The number of aryl methyl sites for hydroxylation is 1. The summed E-state index contributed by atoms with van der Waals surface area (Å²) in [5, 5.41) is 0. The highest BCUT2D eigenvalue weighted by Gasteiger charge is 2.33. The number of hydrogen-bond acceptors (Lipinski definition) is 6. The molecule has 1 saturated heterocycles. The van der Waals surface area contributed by atoms with E-state index in [4.69, 9.17) is 21.7 Å². The molecule has 28 heavy (non-hydrogen) atoms. The predicted octanol–water partition coefficient (Wildman–Crippen LogP) is 4.34. The zero-order valence-electron chi connectivity index (χ0n) is 15.5. The average Bonchev–Trinajstić information content (AvgIpc) is 2.94. The normalized spacial score (nSPS) is 15.2. The molecule has 1 heterocycles. The van der Waals surface area contributed by atoms with Gasteiger partial charge in [-0.25, -0.2) is 4.79 Å². The molecule has 7 heteroatoms. The lowest BCUT2D eigenvalue weighted by molar-refractivity contribution is -0.145. The van der Waals surface area contributed by atoms with Crippen LogP contribution in [0.3, 0.4) is 0 Å². The molecule has 0 radical (unpaired) electrons. The molecular formula is C21H19NO4S2. The van der Waals surface area contributed by atoms with E-state index in [-0.39, 0.29) is 12.5 Å². The molecule has 5 nitrogen and oxygen atoms in total. The second kappa shape index (κ2) is 9.03. The van der Waals surface area contributed by atoms with Crippen LogP contribution < -0.4 is 9.64 Å². The number of amides is 1. The lowest BCUT2D eigenvalue weighted by Gasteiger charge is -2.14. The zero-order chi connectivity index (χ0) is 20.1. The number of hydrogen-bond donors (Lipinski definition) is 0. The molecule has 1 aliphatic heterocycles. The number of carbonyl (C=O) groups is 2. The first-order chi connectivity index (χ1) is 13.5. The van der Waals surface area contributed by atoms with Gasteiger partial charge in [0.15, 0.2) is 10.9 Å². The van der Waals surface area contributed by atoms with Crippen LogP contribution in [0.25, 0.3) is 6.08 Å². The van der Waals surface area contributed by atoms with E-state index >= 15 is 0 Å². The van der Waals surface area contributed by atoms with E-state index in [1.165, 1.54) is 11.8 Å². The van der Waals surface area contributed by atoms with Gasteiger partial charge in [0.2, 0.25) is 0 Å². The fourth-order valence-corrected chi connectivity index (χ4v) is 3.91. The fourth-order valence-electron chi connectivity index (χ4n) is 2.61. The largest absolute Gasteiger partial charge is 0.482 e. The predicted molar refractivity (Wildman–Crippen MR) is 115 cm³/mol. The maximum atomic E-state index is 12.8. The van der Waals surface area contributed by atoms with E-state index < -0.39 is 5.97 Å². The van der Waals surface area contributed by atoms with Gasteiger partial charge in [0.1, 0.15) is 5.75 Å². The molecule has 1 aliphatic rings. The molecule has 144 valence electrons. The number of thioether (sulfide) groups is 1. The number of carbonyl (C=O) groups excluding carboxylic acids is 2. The second-order valence-electron chi connectivity index (χ2n) is 6.02. The third-order valence-electron chi connectivity index (χ3n) is 3.89. The Morgan fingerprint density at radius 2 is 1.96 bits per heavy atom. The number of thiocarbonyl (C=S) groups is 1. The van der Waals surface area contributed by atoms with Gasteiger partial charge in [-0.2, -0.15) is 0 Å². The van der Waals surface area contributed by atoms with Crippen molar-refractivity contribution in [2.75, 3.05) is 18.1 Å². The summed E-state index contributed by atoms with van der Waals surface area (Å²) in [6, 6.07) is 14.8. The number of anilines is 1. The van der Waals surface area contributed by atoms with Gasteiger partial charge < -0.3 is 9.47 Å². The molecule has 0 unspecified atom stereocenters. The van der Waals surface area contributed by atoms with Crippen LogP contribution >= 0.6 is 24.0 Å². The monoisotopic (exact) mass is 413 g/mol. The zero-order valence-corrected chi connectivity index (χ0v) is 17.1. The Balaban J connectivity index is 1.71. The van der Waals surface area contributed by atoms with Gasteiger partial charge in [-0.1, -0.05) is 48.2 Å². The summed E-state index contributed by atoms with van der Waals surface area (Å²) in [6.45, 7) is 3.90. The highest BCUT2D eigenvalue weighted by Crippen LogP contribution is 2.36. The minimum atomic E-state index is -0.411. The SMILES string of the molecule is CCOC(=O)COc1ccc(/C=C2/SC(=S)N(c3cccc(C)c3)C2=O)cc1. The van der Waals surface area contributed by atoms with Crippen LogP contribution in [0.1, 0.15) is 18.1 Å². The van der Waals surface area contributed by atoms with Crippen molar-refractivity contribution in [3.8, 4) is 5.75 Å². The molecular weight excluding hydrogens is 394 g/mol. The summed E-state index contributed by atoms with van der Waals surface area (Å²) in [5.41, 5.74) is 2.68. The molecule has 2 aromatic carbocycles. The Kier molecular flexibility index (Phi) is 6.49. The van der Waals surface area contributed by atoms with E-state index in [2.05, 4.69) is 0 Å². The van der Waals surface area contributed by atoms with Crippen molar-refractivity contribution < 1.29 is 19.1 Å². The van der Waals surface area contributed by atoms with E-state index in [0.717, 1.165) is 16.8 Å². The Hall–Kier alpha value is -2.64. The molecule has 0 aromatic heterocycles. The van der Waals surface area contributed by atoms with Crippen LogP contribution in [0.4, 0.5) is 5.69 Å². The Morgan fingerprint density at radius 1 is 1.21 bits per heavy atom. The van der Waals surface area contributed by atoms with Crippen LogP contribution in [0, 0.1) is 6.92 Å². The first kappa shape index (κ1) is 20.1. The minimum Gasteiger partial charge on any atom is -0.482 e. The maximum Gasteiger partial charge on any atom is 0.344 e. The lowest BCUT2D eigenvalue weighted by Crippen LogP contribution is -2.27. The molecule has 1 fully saturated rings. The second-order valence-corrected chi connectivity index (χ2v) is 7.69. The van der Waals surface area contributed by atoms with E-state index in [9.17, 15) is 9.59 Å². The highest BCUT2D eigenvalue weighted by atomic mass is 32.2. The molecule has 3 rings (SSSR count). The van der Waals surface area contributed by atoms with Crippen LogP contribution in [0.15, 0.2) is 53.4 Å². The summed E-state index contributed by atoms with van der Waals surface area (Å²) < 4.78 is 10.7. The Morgan fingerprint density at radius 3 is 2.64 bits per heavy atom. The van der Waals surface area contributed by atoms with E-state index in [0.29, 0.717) is 21.6 Å². The molecule has 0 bridgehead atoms. The van der Waals surface area contributed by atoms with Crippen LogP contribution in [0.2, 0.25) is 0 Å². The first-order valence-corrected chi connectivity index (χ1v) is 9.93. The Bertz CT molecular complexity index is 938. The molecule has 0 N–H and O–H groups in total. The highest BCUT2D eigenvalue weighted by molar-refractivity contribution is 8.27. The van der Waals surface area contributed by atoms with Crippen molar-refractivity contribution in [2.24, 2.45) is 0 Å². The van der Waals surface area contributed by atoms with Gasteiger partial charge in [0.25, 0.3) is 5.91 Å². The number of nitrogens with zero attached hydrogens (tertiary/aromatic N) is 1. The lowest BCUT2D eigenvalue weighted by atomic mass is 10.2. The van der Waals surface area contributed by atoms with E-state index in [1.54, 1.807) is 30.0 Å². The Labute approximate surface area is 173 Å². The maximum absolute atomic E-state index is 12.8. The van der Waals surface area contributed by atoms with E-state index in [1.807, 2.05) is 43.3 Å². The summed E-state index contributed by atoms with van der Waals surface area (Å²) in [4.78, 5) is 26.3. The van der Waals surface area contributed by atoms with Crippen molar-refractivity contribution in [1.82, 2.24) is 0 Å². The quantitative estimate of drug-likeness (QED) is 0.399. The van der Waals surface area contributed by atoms with Crippen LogP contribution in [-0.2, 0) is 14.3 Å². The molecule has 1 amide bonds. The average molecular weight is 414 g/mol. The summed E-state index contributed by atoms with van der Waals surface area (Å²) >= 11 is 6.68. The van der Waals surface area contributed by atoms with Gasteiger partial charge in [0.05, 0.1) is 17.2 Å². The fraction of sp³-hybridized carbons (Fsp3) is 0.190. The number of ether oxygens (including phenoxy) is 2. The van der Waals surface area contributed by atoms with Crippen molar-refractivity contribution in [2.45, 2.75) is 13.8 Å². The van der Waals surface area contributed by atoms with Gasteiger partial charge in [-0.3, -0.25) is 9.69 Å². The first-order valence-electron chi connectivity index (χ1n) is 8.71. The molecule has 0 atom stereocenters.